The van der Waals surface area contributed by atoms with E-state index in [-0.39, 0.29) is 35.2 Å². The van der Waals surface area contributed by atoms with Crippen molar-refractivity contribution in [3.05, 3.63) is 71.4 Å². The molecule has 4 saturated carbocycles. The number of aromatic nitrogens is 1. The second-order valence-electron chi connectivity index (χ2n) is 13.3. The molecule has 1 aliphatic heterocycles. The summed E-state index contributed by atoms with van der Waals surface area (Å²) in [7, 11) is 0. The monoisotopic (exact) mass is 523 g/mol. The molecule has 5 aliphatic rings. The van der Waals surface area contributed by atoms with Crippen molar-refractivity contribution in [1.29, 1.82) is 0 Å². The molecule has 2 N–H and O–H groups in total. The third-order valence-electron chi connectivity index (χ3n) is 11.0. The molecule has 4 atom stereocenters. The first kappa shape index (κ1) is 24.9. The van der Waals surface area contributed by atoms with E-state index in [1.54, 1.807) is 0 Å². The zero-order valence-electron chi connectivity index (χ0n) is 23.5. The predicted molar refractivity (Wildman–Crippen MR) is 154 cm³/mol. The highest BCUT2D eigenvalue weighted by Crippen LogP contribution is 2.61. The Morgan fingerprint density at radius 3 is 2.31 bits per heavy atom. The van der Waals surface area contributed by atoms with E-state index in [1.807, 2.05) is 41.4 Å². The summed E-state index contributed by atoms with van der Waals surface area (Å²) in [5.74, 6) is 2.51. The topological polar surface area (TPSA) is 65.2 Å². The van der Waals surface area contributed by atoms with Gasteiger partial charge in [-0.05, 0) is 92.2 Å². The number of fused-ring (bicyclic) bond motifs is 2. The quantitative estimate of drug-likeness (QED) is 0.356. The van der Waals surface area contributed by atoms with E-state index >= 15 is 0 Å². The molecular weight excluding hydrogens is 482 g/mol. The van der Waals surface area contributed by atoms with Gasteiger partial charge in [-0.15, -0.1) is 0 Å². The molecule has 204 valence electrons. The van der Waals surface area contributed by atoms with Gasteiger partial charge in [0.1, 0.15) is 6.04 Å². The number of aromatic amines is 1. The Morgan fingerprint density at radius 2 is 1.62 bits per heavy atom. The van der Waals surface area contributed by atoms with Crippen LogP contribution in [0.15, 0.2) is 54.7 Å². The Morgan fingerprint density at radius 1 is 0.974 bits per heavy atom. The summed E-state index contributed by atoms with van der Waals surface area (Å²) in [6.45, 7) is 6.50. The van der Waals surface area contributed by atoms with Crippen LogP contribution in [0.3, 0.4) is 0 Å². The van der Waals surface area contributed by atoms with Crippen molar-refractivity contribution in [3.63, 3.8) is 0 Å². The van der Waals surface area contributed by atoms with Crippen LogP contribution in [-0.2, 0) is 4.79 Å². The van der Waals surface area contributed by atoms with Gasteiger partial charge in [0.05, 0.1) is 6.04 Å². The Labute approximate surface area is 231 Å². The Hall–Kier alpha value is -3.08. The van der Waals surface area contributed by atoms with Crippen LogP contribution in [-0.4, -0.2) is 33.8 Å². The molecule has 4 bridgehead atoms. The summed E-state index contributed by atoms with van der Waals surface area (Å²) in [4.78, 5) is 33.9. The van der Waals surface area contributed by atoms with Gasteiger partial charge in [0, 0.05) is 34.3 Å². The van der Waals surface area contributed by atoms with Crippen LogP contribution in [0.2, 0.25) is 0 Å². The van der Waals surface area contributed by atoms with Crippen LogP contribution in [0.1, 0.15) is 93.2 Å². The summed E-state index contributed by atoms with van der Waals surface area (Å²) >= 11 is 0. The number of carbonyl (C=O) groups excluding carboxylic acids is 2. The van der Waals surface area contributed by atoms with Crippen LogP contribution in [0, 0.1) is 29.1 Å². The zero-order chi connectivity index (χ0) is 26.9. The van der Waals surface area contributed by atoms with E-state index in [4.69, 9.17) is 0 Å². The van der Waals surface area contributed by atoms with Crippen LogP contribution < -0.4 is 5.32 Å². The number of hydrogen-bond acceptors (Lipinski definition) is 2. The van der Waals surface area contributed by atoms with Crippen molar-refractivity contribution in [3.8, 4) is 0 Å². The summed E-state index contributed by atoms with van der Waals surface area (Å²) in [6, 6.07) is 15.4. The van der Waals surface area contributed by atoms with Crippen LogP contribution >= 0.6 is 0 Å². The van der Waals surface area contributed by atoms with Gasteiger partial charge in [0.2, 0.25) is 5.91 Å². The van der Waals surface area contributed by atoms with Gasteiger partial charge in [0.15, 0.2) is 0 Å². The molecule has 39 heavy (non-hydrogen) atoms. The highest BCUT2D eigenvalue weighted by Gasteiger charge is 2.54. The number of carbonyl (C=O) groups is 2. The fraction of sp³-hybridized carbons (Fsp3) is 0.529. The molecule has 4 aliphatic carbocycles. The lowest BCUT2D eigenvalue weighted by molar-refractivity contribution is -0.132. The molecule has 1 aromatic heterocycles. The highest BCUT2D eigenvalue weighted by molar-refractivity contribution is 6.03. The van der Waals surface area contributed by atoms with Crippen LogP contribution in [0.5, 0.6) is 0 Å². The number of benzene rings is 2. The standard InChI is InChI=1S/C34H41N3O2/c1-4-20(2)30(32(38)36-21(3)34-16-22-13-23(17-34)15-24(14-22)18-34)37-31(26-10-5-6-11-27(26)33(37)39)28-19-35-29-12-8-7-9-25(28)29/h5-12,19-24,30-31,35H,4,13-18H2,1-3H3,(H,36,38). The van der Waals surface area contributed by atoms with E-state index in [1.165, 1.54) is 38.5 Å². The number of para-hydroxylation sites is 1. The van der Waals surface area contributed by atoms with Gasteiger partial charge in [0.25, 0.3) is 5.91 Å². The van der Waals surface area contributed by atoms with Crippen molar-refractivity contribution < 1.29 is 9.59 Å². The lowest BCUT2D eigenvalue weighted by Gasteiger charge is -2.59. The van der Waals surface area contributed by atoms with Gasteiger partial charge in [-0.2, -0.15) is 0 Å². The van der Waals surface area contributed by atoms with Crippen molar-refractivity contribution in [1.82, 2.24) is 15.2 Å². The van der Waals surface area contributed by atoms with E-state index in [0.29, 0.717) is 5.56 Å². The minimum absolute atomic E-state index is 0.0126. The molecule has 5 nitrogen and oxygen atoms in total. The van der Waals surface area contributed by atoms with Crippen LogP contribution in [0.4, 0.5) is 0 Å². The maximum atomic E-state index is 14.4. The second kappa shape index (κ2) is 9.25. The fourth-order valence-electron chi connectivity index (χ4n) is 9.30. The average molecular weight is 524 g/mol. The Bertz CT molecular complexity index is 1390. The lowest BCUT2D eigenvalue weighted by atomic mass is 9.48. The Kier molecular flexibility index (Phi) is 5.91. The third kappa shape index (κ3) is 3.87. The van der Waals surface area contributed by atoms with Gasteiger partial charge < -0.3 is 15.2 Å². The first-order chi connectivity index (χ1) is 18.9. The summed E-state index contributed by atoms with van der Waals surface area (Å²) in [5.41, 5.74) is 4.02. The van der Waals surface area contributed by atoms with Gasteiger partial charge in [-0.1, -0.05) is 56.7 Å². The largest absolute Gasteiger partial charge is 0.361 e. The van der Waals surface area contributed by atoms with Crippen molar-refractivity contribution in [2.45, 2.75) is 83.8 Å². The molecular formula is C34H41N3O2. The van der Waals surface area contributed by atoms with E-state index < -0.39 is 6.04 Å². The molecule has 8 rings (SSSR count). The van der Waals surface area contributed by atoms with Gasteiger partial charge in [-0.3, -0.25) is 9.59 Å². The second-order valence-corrected chi connectivity index (χ2v) is 13.3. The first-order valence-electron chi connectivity index (χ1n) is 15.2. The number of amides is 2. The molecule has 4 fully saturated rings. The normalized spacial score (nSPS) is 31.4. The molecule has 2 aromatic carbocycles. The molecule has 2 amide bonds. The highest BCUT2D eigenvalue weighted by atomic mass is 16.2. The lowest BCUT2D eigenvalue weighted by Crippen LogP contribution is -2.59. The average Bonchev–Trinajstić information content (AvgIpc) is 3.47. The molecule has 0 radical (unpaired) electrons. The van der Waals surface area contributed by atoms with E-state index in [0.717, 1.165) is 46.2 Å². The van der Waals surface area contributed by atoms with E-state index in [9.17, 15) is 9.59 Å². The number of nitrogens with zero attached hydrogens (tertiary/aromatic N) is 1. The smallest absolute Gasteiger partial charge is 0.255 e. The van der Waals surface area contributed by atoms with Crippen molar-refractivity contribution in [2.24, 2.45) is 29.1 Å². The van der Waals surface area contributed by atoms with E-state index in [2.05, 4.69) is 49.3 Å². The fourth-order valence-corrected chi connectivity index (χ4v) is 9.30. The Balaban J connectivity index is 1.25. The summed E-state index contributed by atoms with van der Waals surface area (Å²) in [6.07, 6.45) is 10.8. The van der Waals surface area contributed by atoms with Crippen molar-refractivity contribution in [2.75, 3.05) is 0 Å². The minimum atomic E-state index is -0.537. The summed E-state index contributed by atoms with van der Waals surface area (Å²) in [5, 5.41) is 4.64. The predicted octanol–water partition coefficient (Wildman–Crippen LogP) is 6.85. The number of hydrogen-bond donors (Lipinski definition) is 2. The third-order valence-corrected chi connectivity index (χ3v) is 11.0. The number of nitrogens with one attached hydrogen (secondary N) is 2. The maximum Gasteiger partial charge on any atom is 0.255 e. The maximum absolute atomic E-state index is 14.4. The molecule has 3 aromatic rings. The SMILES string of the molecule is CCC(C)C(C(=O)NC(C)C12CC3CC(CC(C3)C1)C2)N1C(=O)c2ccccc2C1c1c[nH]c2ccccc12. The first-order valence-corrected chi connectivity index (χ1v) is 15.2. The molecule has 0 spiro atoms. The number of H-pyrrole nitrogens is 1. The minimum Gasteiger partial charge on any atom is -0.361 e. The van der Waals surface area contributed by atoms with Gasteiger partial charge in [-0.25, -0.2) is 0 Å². The van der Waals surface area contributed by atoms with Gasteiger partial charge >= 0.3 is 0 Å². The zero-order valence-corrected chi connectivity index (χ0v) is 23.5. The molecule has 5 heteroatoms. The molecule has 4 unspecified atom stereocenters. The van der Waals surface area contributed by atoms with Crippen molar-refractivity contribution >= 4 is 22.7 Å². The summed E-state index contributed by atoms with van der Waals surface area (Å²) < 4.78 is 0. The molecule has 2 heterocycles. The molecule has 0 saturated heterocycles. The number of rotatable bonds is 7. The van der Waals surface area contributed by atoms with Crippen LogP contribution in [0.25, 0.3) is 10.9 Å².